The van der Waals surface area contributed by atoms with Crippen LogP contribution in [0.3, 0.4) is 0 Å². The molecule has 0 saturated carbocycles. The highest BCUT2D eigenvalue weighted by Gasteiger charge is 1.96. The molecule has 1 nitrogen and oxygen atoms in total. The van der Waals surface area contributed by atoms with Crippen molar-refractivity contribution >= 4 is 23.2 Å². The summed E-state index contributed by atoms with van der Waals surface area (Å²) in [6, 6.07) is 1.78. The molecule has 0 amide bonds. The summed E-state index contributed by atoms with van der Waals surface area (Å²) in [6.45, 7) is 1.89. The molecule has 8 heavy (non-hydrogen) atoms. The summed E-state index contributed by atoms with van der Waals surface area (Å²) in [5, 5.41) is 1.21. The number of aromatic amines is 1. The number of H-pyrrole nitrogens is 1. The van der Waals surface area contributed by atoms with Crippen LogP contribution in [0.1, 0.15) is 5.56 Å². The molecule has 1 N–H and O–H groups in total. The van der Waals surface area contributed by atoms with Gasteiger partial charge in [0.15, 0.2) is 0 Å². The number of aromatic nitrogens is 1. The van der Waals surface area contributed by atoms with Crippen molar-refractivity contribution in [3.8, 4) is 0 Å². The Balaban J connectivity index is 3.14. The largest absolute Gasteiger partial charge is 0.336 e. The van der Waals surface area contributed by atoms with E-state index in [4.69, 9.17) is 23.2 Å². The molecule has 0 aliphatic heterocycles. The van der Waals surface area contributed by atoms with Crippen molar-refractivity contribution in [2.24, 2.45) is 0 Å². The van der Waals surface area contributed by atoms with E-state index in [2.05, 4.69) is 4.98 Å². The number of halogens is 2. The van der Waals surface area contributed by atoms with Gasteiger partial charge in [-0.2, -0.15) is 0 Å². The topological polar surface area (TPSA) is 15.8 Å². The van der Waals surface area contributed by atoms with Crippen LogP contribution >= 0.6 is 23.2 Å². The molecule has 0 saturated heterocycles. The Kier molecular flexibility index (Phi) is 1.49. The first-order chi connectivity index (χ1) is 3.70. The average Bonchev–Trinajstić information content (AvgIpc) is 1.85. The summed E-state index contributed by atoms with van der Waals surface area (Å²) in [5.74, 6) is 0. The van der Waals surface area contributed by atoms with E-state index in [1.807, 2.05) is 6.92 Å². The van der Waals surface area contributed by atoms with Crippen LogP contribution in [0.25, 0.3) is 0 Å². The van der Waals surface area contributed by atoms with Gasteiger partial charge in [-0.3, -0.25) is 0 Å². The lowest BCUT2D eigenvalue weighted by atomic mass is 10.4. The molecule has 1 rings (SSSR count). The van der Waals surface area contributed by atoms with Crippen LogP contribution in [-0.4, -0.2) is 4.98 Å². The molecule has 0 atom stereocenters. The maximum Gasteiger partial charge on any atom is 0.110 e. The van der Waals surface area contributed by atoms with E-state index >= 15 is 0 Å². The second-order valence-corrected chi connectivity index (χ2v) is 2.40. The van der Waals surface area contributed by atoms with Gasteiger partial charge in [0.25, 0.3) is 0 Å². The van der Waals surface area contributed by atoms with E-state index in [1.54, 1.807) is 6.07 Å². The fourth-order valence-electron chi connectivity index (χ4n) is 0.493. The minimum atomic E-state index is 0.590. The van der Waals surface area contributed by atoms with E-state index < -0.39 is 0 Å². The lowest BCUT2D eigenvalue weighted by molar-refractivity contribution is 1.39. The molecule has 0 fully saturated rings. The molecule has 0 unspecified atom stereocenters. The molecule has 3 heteroatoms. The SMILES string of the molecule is Cc1cc(Cl)[nH]c1Cl. The molecule has 1 heterocycles. The Morgan fingerprint density at radius 3 is 2.25 bits per heavy atom. The van der Waals surface area contributed by atoms with Gasteiger partial charge in [-0.1, -0.05) is 23.2 Å². The summed E-state index contributed by atoms with van der Waals surface area (Å²) in [6.07, 6.45) is 0. The van der Waals surface area contributed by atoms with E-state index in [1.165, 1.54) is 0 Å². The number of nitrogens with one attached hydrogen (secondary N) is 1. The van der Waals surface area contributed by atoms with Crippen molar-refractivity contribution in [1.29, 1.82) is 0 Å². The first kappa shape index (κ1) is 5.99. The Morgan fingerprint density at radius 1 is 1.50 bits per heavy atom. The maximum absolute atomic E-state index is 5.59. The van der Waals surface area contributed by atoms with Crippen LogP contribution in [0.4, 0.5) is 0 Å². The monoisotopic (exact) mass is 149 g/mol. The Labute approximate surface area is 57.6 Å². The van der Waals surface area contributed by atoms with Gasteiger partial charge in [0.05, 0.1) is 0 Å². The van der Waals surface area contributed by atoms with Gasteiger partial charge in [0.2, 0.25) is 0 Å². The summed E-state index contributed by atoms with van der Waals surface area (Å²) in [4.78, 5) is 2.74. The van der Waals surface area contributed by atoms with E-state index in [9.17, 15) is 0 Å². The second-order valence-electron chi connectivity index (χ2n) is 1.61. The Morgan fingerprint density at radius 2 is 2.12 bits per heavy atom. The summed E-state index contributed by atoms with van der Waals surface area (Å²) >= 11 is 11.1. The van der Waals surface area contributed by atoms with Crippen molar-refractivity contribution in [3.05, 3.63) is 21.9 Å². The second kappa shape index (κ2) is 2.00. The van der Waals surface area contributed by atoms with Crippen molar-refractivity contribution in [2.75, 3.05) is 0 Å². The fourth-order valence-corrected chi connectivity index (χ4v) is 0.956. The first-order valence-electron chi connectivity index (χ1n) is 2.21. The summed E-state index contributed by atoms with van der Waals surface area (Å²) in [7, 11) is 0. The number of hydrogen-bond acceptors (Lipinski definition) is 0. The summed E-state index contributed by atoms with van der Waals surface area (Å²) in [5.41, 5.74) is 0.983. The maximum atomic E-state index is 5.59. The quantitative estimate of drug-likeness (QED) is 0.585. The third-order valence-electron chi connectivity index (χ3n) is 0.919. The smallest absolute Gasteiger partial charge is 0.110 e. The molecule has 44 valence electrons. The molecular formula is C5H5Cl2N. The van der Waals surface area contributed by atoms with E-state index in [0.717, 1.165) is 5.56 Å². The third-order valence-corrected chi connectivity index (χ3v) is 1.51. The van der Waals surface area contributed by atoms with Crippen LogP contribution in [0, 0.1) is 6.92 Å². The molecule has 0 aromatic carbocycles. The molecule has 0 aliphatic rings. The molecule has 0 aliphatic carbocycles. The zero-order valence-electron chi connectivity index (χ0n) is 4.33. The molecule has 1 aromatic heterocycles. The zero-order chi connectivity index (χ0) is 6.15. The predicted molar refractivity (Wildman–Crippen MR) is 35.5 cm³/mol. The standard InChI is InChI=1S/C5H5Cl2N/c1-3-2-4(6)8-5(3)7/h2,8H,1H3. The highest BCUT2D eigenvalue weighted by molar-refractivity contribution is 6.33. The lowest BCUT2D eigenvalue weighted by Gasteiger charge is -1.78. The van der Waals surface area contributed by atoms with Crippen molar-refractivity contribution in [1.82, 2.24) is 4.98 Å². The first-order valence-corrected chi connectivity index (χ1v) is 2.96. The minimum absolute atomic E-state index is 0.590. The van der Waals surface area contributed by atoms with Crippen LogP contribution in [0.5, 0.6) is 0 Å². The van der Waals surface area contributed by atoms with Crippen molar-refractivity contribution in [2.45, 2.75) is 6.92 Å². The molecule has 0 bridgehead atoms. The van der Waals surface area contributed by atoms with Gasteiger partial charge in [-0.25, -0.2) is 0 Å². The number of hydrogen-bond donors (Lipinski definition) is 1. The summed E-state index contributed by atoms with van der Waals surface area (Å²) < 4.78 is 0. The highest BCUT2D eigenvalue weighted by Crippen LogP contribution is 2.17. The molecule has 0 spiro atoms. The van der Waals surface area contributed by atoms with E-state index in [0.29, 0.717) is 10.3 Å². The van der Waals surface area contributed by atoms with Crippen molar-refractivity contribution in [3.63, 3.8) is 0 Å². The third kappa shape index (κ3) is 0.984. The predicted octanol–water partition coefficient (Wildman–Crippen LogP) is 2.63. The van der Waals surface area contributed by atoms with Gasteiger partial charge in [-0.15, -0.1) is 0 Å². The Bertz CT molecular complexity index is 173. The average molecular weight is 150 g/mol. The van der Waals surface area contributed by atoms with Gasteiger partial charge >= 0.3 is 0 Å². The lowest BCUT2D eigenvalue weighted by Crippen LogP contribution is -1.61. The van der Waals surface area contributed by atoms with Gasteiger partial charge in [-0.05, 0) is 18.6 Å². The van der Waals surface area contributed by atoms with Crippen LogP contribution in [-0.2, 0) is 0 Å². The highest BCUT2D eigenvalue weighted by atomic mass is 35.5. The molecule has 0 radical (unpaired) electrons. The Hall–Kier alpha value is -0.140. The van der Waals surface area contributed by atoms with Crippen LogP contribution in [0.15, 0.2) is 6.07 Å². The normalized spacial score (nSPS) is 9.88. The van der Waals surface area contributed by atoms with E-state index in [-0.39, 0.29) is 0 Å². The van der Waals surface area contributed by atoms with Crippen LogP contribution < -0.4 is 0 Å². The van der Waals surface area contributed by atoms with Gasteiger partial charge < -0.3 is 4.98 Å². The molecular weight excluding hydrogens is 145 g/mol. The van der Waals surface area contributed by atoms with Crippen molar-refractivity contribution < 1.29 is 0 Å². The van der Waals surface area contributed by atoms with Crippen LogP contribution in [0.2, 0.25) is 10.3 Å². The molecule has 1 aromatic rings. The number of aryl methyl sites for hydroxylation is 1. The minimum Gasteiger partial charge on any atom is -0.336 e. The zero-order valence-corrected chi connectivity index (χ0v) is 5.85. The van der Waals surface area contributed by atoms with Gasteiger partial charge in [0, 0.05) is 0 Å². The number of rotatable bonds is 0. The fraction of sp³-hybridized carbons (Fsp3) is 0.200. The van der Waals surface area contributed by atoms with Gasteiger partial charge in [0.1, 0.15) is 10.3 Å².